The molecule has 8 heteroatoms. The van der Waals surface area contributed by atoms with Crippen LogP contribution in [0.25, 0.3) is 0 Å². The van der Waals surface area contributed by atoms with Crippen molar-refractivity contribution in [3.8, 4) is 6.07 Å². The van der Waals surface area contributed by atoms with Gasteiger partial charge in [-0.3, -0.25) is 4.79 Å². The van der Waals surface area contributed by atoms with Gasteiger partial charge in [-0.15, -0.1) is 5.10 Å². The molecular formula is C17H20N6O2. The van der Waals surface area contributed by atoms with Gasteiger partial charge in [-0.05, 0) is 31.6 Å². The van der Waals surface area contributed by atoms with E-state index in [4.69, 9.17) is 4.52 Å². The third-order valence-electron chi connectivity index (χ3n) is 5.28. The Labute approximate surface area is 145 Å². The van der Waals surface area contributed by atoms with Crippen LogP contribution in [0.3, 0.4) is 0 Å². The van der Waals surface area contributed by atoms with Crippen LogP contribution in [0.5, 0.6) is 0 Å². The van der Waals surface area contributed by atoms with E-state index in [1.54, 1.807) is 10.7 Å². The van der Waals surface area contributed by atoms with Crippen LogP contribution in [-0.2, 0) is 5.54 Å². The maximum Gasteiger partial charge on any atom is 0.274 e. The van der Waals surface area contributed by atoms with Crippen molar-refractivity contribution in [3.63, 3.8) is 0 Å². The molecule has 0 radical (unpaired) electrons. The average molecular weight is 340 g/mol. The van der Waals surface area contributed by atoms with Gasteiger partial charge < -0.3 is 9.84 Å². The summed E-state index contributed by atoms with van der Waals surface area (Å²) in [5, 5.41) is 24.6. The first-order chi connectivity index (χ1) is 12.2. The maximum absolute atomic E-state index is 12.5. The van der Waals surface area contributed by atoms with Crippen LogP contribution in [0.15, 0.2) is 23.0 Å². The lowest BCUT2D eigenvalue weighted by atomic mass is 9.82. The third kappa shape index (κ3) is 3.02. The quantitative estimate of drug-likeness (QED) is 0.894. The van der Waals surface area contributed by atoms with Gasteiger partial charge in [0.2, 0.25) is 0 Å². The Morgan fingerprint density at radius 3 is 2.84 bits per heavy atom. The van der Waals surface area contributed by atoms with Crippen molar-refractivity contribution in [2.45, 2.75) is 56.5 Å². The molecule has 0 unspecified atom stereocenters. The molecule has 25 heavy (non-hydrogen) atoms. The minimum absolute atomic E-state index is 0.229. The molecule has 0 bridgehead atoms. The summed E-state index contributed by atoms with van der Waals surface area (Å²) in [6.07, 6.45) is 10.4. The maximum atomic E-state index is 12.5. The summed E-state index contributed by atoms with van der Waals surface area (Å²) >= 11 is 0. The molecule has 2 aromatic heterocycles. The molecule has 1 amide bonds. The molecule has 2 aliphatic carbocycles. The normalized spacial score (nSPS) is 20.6. The van der Waals surface area contributed by atoms with Gasteiger partial charge in [0.1, 0.15) is 12.0 Å². The highest BCUT2D eigenvalue weighted by Gasteiger charge is 2.47. The van der Waals surface area contributed by atoms with Crippen molar-refractivity contribution in [1.29, 1.82) is 5.26 Å². The van der Waals surface area contributed by atoms with Gasteiger partial charge in [-0.2, -0.15) is 5.26 Å². The van der Waals surface area contributed by atoms with Crippen molar-refractivity contribution < 1.29 is 9.32 Å². The van der Waals surface area contributed by atoms with E-state index >= 15 is 0 Å². The zero-order valence-corrected chi connectivity index (χ0v) is 13.9. The summed E-state index contributed by atoms with van der Waals surface area (Å²) in [4.78, 5) is 12.5. The van der Waals surface area contributed by atoms with Crippen molar-refractivity contribution in [2.75, 3.05) is 0 Å². The van der Waals surface area contributed by atoms with E-state index in [0.29, 0.717) is 11.6 Å². The summed E-state index contributed by atoms with van der Waals surface area (Å²) in [7, 11) is 0. The Bertz CT molecular complexity index is 780. The molecule has 2 saturated carbocycles. The van der Waals surface area contributed by atoms with Crippen LogP contribution in [0.4, 0.5) is 0 Å². The molecule has 0 aromatic carbocycles. The van der Waals surface area contributed by atoms with E-state index in [2.05, 4.69) is 26.9 Å². The molecule has 0 spiro atoms. The second-order valence-corrected chi connectivity index (χ2v) is 6.97. The highest BCUT2D eigenvalue weighted by Crippen LogP contribution is 2.42. The number of nitriles is 1. The largest absolute Gasteiger partial charge is 0.364 e. The number of hydrogen-bond donors (Lipinski definition) is 1. The molecule has 130 valence electrons. The van der Waals surface area contributed by atoms with Crippen LogP contribution in [0.2, 0.25) is 0 Å². The first-order valence-electron chi connectivity index (χ1n) is 8.77. The third-order valence-corrected chi connectivity index (χ3v) is 5.28. The van der Waals surface area contributed by atoms with Crippen molar-refractivity contribution >= 4 is 5.91 Å². The first kappa shape index (κ1) is 15.8. The van der Waals surface area contributed by atoms with Gasteiger partial charge in [-0.25, -0.2) is 4.68 Å². The molecule has 0 saturated heterocycles. The van der Waals surface area contributed by atoms with E-state index in [1.165, 1.54) is 12.7 Å². The lowest BCUT2D eigenvalue weighted by Crippen LogP contribution is -2.35. The molecule has 1 N–H and O–H groups in total. The summed E-state index contributed by atoms with van der Waals surface area (Å²) in [6, 6.07) is 3.63. The van der Waals surface area contributed by atoms with Crippen molar-refractivity contribution in [3.05, 3.63) is 29.9 Å². The Kier molecular flexibility index (Phi) is 3.99. The lowest BCUT2D eigenvalue weighted by molar-refractivity contribution is 0.0901. The van der Waals surface area contributed by atoms with Gasteiger partial charge in [0.15, 0.2) is 11.2 Å². The molecule has 2 aliphatic rings. The second-order valence-electron chi connectivity index (χ2n) is 6.97. The number of rotatable bonds is 5. The van der Waals surface area contributed by atoms with E-state index < -0.39 is 5.54 Å². The van der Waals surface area contributed by atoms with Crippen LogP contribution in [0.1, 0.15) is 67.2 Å². The molecular weight excluding hydrogens is 320 g/mol. The Morgan fingerprint density at radius 2 is 2.20 bits per heavy atom. The zero-order valence-electron chi connectivity index (χ0n) is 13.9. The van der Waals surface area contributed by atoms with E-state index in [9.17, 15) is 10.1 Å². The molecule has 0 aliphatic heterocycles. The monoisotopic (exact) mass is 340 g/mol. The lowest BCUT2D eigenvalue weighted by Gasteiger charge is -2.29. The van der Waals surface area contributed by atoms with Crippen LogP contribution in [-0.4, -0.2) is 26.1 Å². The Morgan fingerprint density at radius 1 is 1.40 bits per heavy atom. The fourth-order valence-electron chi connectivity index (χ4n) is 3.58. The predicted molar refractivity (Wildman–Crippen MR) is 86.1 cm³/mol. The number of hydrogen-bond acceptors (Lipinski definition) is 6. The van der Waals surface area contributed by atoms with Gasteiger partial charge >= 0.3 is 0 Å². The van der Waals surface area contributed by atoms with Crippen LogP contribution < -0.4 is 5.32 Å². The molecule has 8 nitrogen and oxygen atoms in total. The summed E-state index contributed by atoms with van der Waals surface area (Å²) in [5.41, 5.74) is 0.424. The standard InChI is InChI=1S/C17H20N6O2/c18-11-17(7-8-17)23-10-14(20-22-23)15(12-4-2-1-3-5-12)19-16(24)13-6-9-25-21-13/h6,9-10,12,15H,1-5,7-8H2,(H,19,24)/t15-/m1/s1. The average Bonchev–Trinajstić information content (AvgIpc) is 3.05. The molecule has 2 heterocycles. The molecule has 2 fully saturated rings. The Balaban J connectivity index is 1.59. The number of aromatic nitrogens is 4. The van der Waals surface area contributed by atoms with Gasteiger partial charge in [0.05, 0.1) is 18.3 Å². The smallest absolute Gasteiger partial charge is 0.274 e. The molecule has 1 atom stereocenters. The van der Waals surface area contributed by atoms with Crippen LogP contribution >= 0.6 is 0 Å². The number of carbonyl (C=O) groups is 1. The number of nitrogens with zero attached hydrogens (tertiary/aromatic N) is 5. The highest BCUT2D eigenvalue weighted by atomic mass is 16.5. The van der Waals surface area contributed by atoms with Gasteiger partial charge in [0.25, 0.3) is 5.91 Å². The molecule has 2 aromatic rings. The van der Waals surface area contributed by atoms with Gasteiger partial charge in [-0.1, -0.05) is 29.6 Å². The molecule has 4 rings (SSSR count). The predicted octanol–water partition coefficient (Wildman–Crippen LogP) is 2.33. The van der Waals surface area contributed by atoms with Crippen molar-refractivity contribution in [2.24, 2.45) is 5.92 Å². The second kappa shape index (κ2) is 6.31. The minimum Gasteiger partial charge on any atom is -0.364 e. The van der Waals surface area contributed by atoms with Gasteiger partial charge in [0, 0.05) is 6.07 Å². The zero-order chi connectivity index (χ0) is 17.3. The van der Waals surface area contributed by atoms with E-state index in [1.807, 2.05) is 6.20 Å². The summed E-state index contributed by atoms with van der Waals surface area (Å²) in [6.45, 7) is 0. The first-order valence-corrected chi connectivity index (χ1v) is 8.77. The number of carbonyl (C=O) groups excluding carboxylic acids is 1. The van der Waals surface area contributed by atoms with E-state index in [0.717, 1.165) is 38.5 Å². The number of amides is 1. The SMILES string of the molecule is N#CC1(n2cc([C@H](NC(=O)c3ccon3)C3CCCCC3)nn2)CC1. The Hall–Kier alpha value is -2.69. The van der Waals surface area contributed by atoms with E-state index in [-0.39, 0.29) is 17.6 Å². The fourth-order valence-corrected chi connectivity index (χ4v) is 3.58. The summed E-state index contributed by atoms with van der Waals surface area (Å²) in [5.74, 6) is 0.0345. The highest BCUT2D eigenvalue weighted by molar-refractivity contribution is 5.92. The van der Waals surface area contributed by atoms with Crippen LogP contribution in [0, 0.1) is 17.2 Å². The minimum atomic E-state index is -0.543. The van der Waals surface area contributed by atoms with Crippen molar-refractivity contribution in [1.82, 2.24) is 25.5 Å². The topological polar surface area (TPSA) is 110 Å². The number of nitrogens with one attached hydrogen (secondary N) is 1. The fraction of sp³-hybridized carbons (Fsp3) is 0.588. The summed E-state index contributed by atoms with van der Waals surface area (Å²) < 4.78 is 6.41.